The smallest absolute Gasteiger partial charge is 0.259 e. The number of rotatable bonds is 7. The van der Waals surface area contributed by atoms with Crippen LogP contribution in [0.25, 0.3) is 0 Å². The third-order valence-corrected chi connectivity index (χ3v) is 4.75. The predicted octanol–water partition coefficient (Wildman–Crippen LogP) is 5.87. The lowest BCUT2D eigenvalue weighted by Gasteiger charge is -2.17. The van der Waals surface area contributed by atoms with E-state index >= 15 is 0 Å². The van der Waals surface area contributed by atoms with Crippen LogP contribution < -0.4 is 10.1 Å². The molecule has 4 nitrogen and oxygen atoms in total. The second-order valence-corrected chi connectivity index (χ2v) is 6.91. The molecule has 3 aromatic rings. The van der Waals surface area contributed by atoms with E-state index in [-0.39, 0.29) is 11.3 Å². The van der Waals surface area contributed by atoms with E-state index in [1.807, 2.05) is 30.3 Å². The van der Waals surface area contributed by atoms with Crippen LogP contribution in [0.2, 0.25) is 5.02 Å². The monoisotopic (exact) mass is 395 g/mol. The van der Waals surface area contributed by atoms with Crippen molar-refractivity contribution >= 4 is 23.2 Å². The highest BCUT2D eigenvalue weighted by Crippen LogP contribution is 2.25. The number of hydrogen-bond acceptors (Lipinski definition) is 3. The number of amides is 1. The van der Waals surface area contributed by atoms with E-state index in [2.05, 4.69) is 24.4 Å². The second-order valence-electron chi connectivity index (χ2n) is 6.47. The van der Waals surface area contributed by atoms with Crippen LogP contribution in [0.3, 0.4) is 0 Å². The first-order valence-corrected chi connectivity index (χ1v) is 9.52. The summed E-state index contributed by atoms with van der Waals surface area (Å²) in [6, 6.07) is 21.8. The summed E-state index contributed by atoms with van der Waals surface area (Å²) >= 11 is 5.91. The Hall–Kier alpha value is -2.98. The Balaban J connectivity index is 1.67. The van der Waals surface area contributed by atoms with Gasteiger partial charge in [-0.05, 0) is 42.3 Å². The van der Waals surface area contributed by atoms with E-state index in [1.165, 1.54) is 23.8 Å². The van der Waals surface area contributed by atoms with Crippen molar-refractivity contribution in [2.24, 2.45) is 0 Å². The molecular weight excluding hydrogens is 374 g/mol. The number of carbonyl (C=O) groups is 1. The van der Waals surface area contributed by atoms with Crippen molar-refractivity contribution in [3.8, 4) is 11.5 Å². The van der Waals surface area contributed by atoms with Gasteiger partial charge in [0.15, 0.2) is 0 Å². The molecule has 0 aliphatic heterocycles. The highest BCUT2D eigenvalue weighted by Gasteiger charge is 2.13. The molecule has 0 radical (unpaired) electrons. The average Bonchev–Trinajstić information content (AvgIpc) is 2.71. The van der Waals surface area contributed by atoms with Crippen LogP contribution in [0, 0.1) is 0 Å². The lowest BCUT2D eigenvalue weighted by atomic mass is 9.98. The quantitative estimate of drug-likeness (QED) is 0.526. The largest absolute Gasteiger partial charge is 0.507 e. The summed E-state index contributed by atoms with van der Waals surface area (Å²) in [5.74, 6) is 0.404. The number of ether oxygens (including phenoxy) is 1. The molecule has 144 valence electrons. The minimum Gasteiger partial charge on any atom is -0.507 e. The van der Waals surface area contributed by atoms with Gasteiger partial charge >= 0.3 is 0 Å². The third-order valence-electron chi connectivity index (χ3n) is 4.51. The summed E-state index contributed by atoms with van der Waals surface area (Å²) in [6.07, 6.45) is 0.967. The number of phenols is 1. The summed E-state index contributed by atoms with van der Waals surface area (Å²) in [5, 5.41) is 13.0. The van der Waals surface area contributed by atoms with Crippen molar-refractivity contribution in [1.29, 1.82) is 0 Å². The number of benzene rings is 3. The molecule has 0 heterocycles. The molecular formula is C23H22ClNO3. The van der Waals surface area contributed by atoms with Crippen molar-refractivity contribution in [3.05, 3.63) is 88.9 Å². The first-order chi connectivity index (χ1) is 13.6. The van der Waals surface area contributed by atoms with Crippen molar-refractivity contribution in [2.45, 2.75) is 19.3 Å². The minimum atomic E-state index is -0.437. The molecule has 1 atom stereocenters. The fraction of sp³-hybridized carbons (Fsp3) is 0.174. The van der Waals surface area contributed by atoms with E-state index in [1.54, 1.807) is 12.1 Å². The Morgan fingerprint density at radius 2 is 1.86 bits per heavy atom. The van der Waals surface area contributed by atoms with E-state index in [9.17, 15) is 9.90 Å². The van der Waals surface area contributed by atoms with Gasteiger partial charge in [-0.3, -0.25) is 4.79 Å². The van der Waals surface area contributed by atoms with Crippen molar-refractivity contribution < 1.29 is 14.6 Å². The van der Waals surface area contributed by atoms with Crippen LogP contribution in [0.4, 0.5) is 5.69 Å². The fourth-order valence-corrected chi connectivity index (χ4v) is 3.10. The lowest BCUT2D eigenvalue weighted by Crippen LogP contribution is -2.13. The molecule has 3 rings (SSSR count). The Labute approximate surface area is 169 Å². The van der Waals surface area contributed by atoms with Crippen LogP contribution in [0.1, 0.15) is 35.2 Å². The van der Waals surface area contributed by atoms with Gasteiger partial charge < -0.3 is 15.2 Å². The maximum Gasteiger partial charge on any atom is 0.259 e. The van der Waals surface area contributed by atoms with Crippen LogP contribution >= 0.6 is 11.6 Å². The van der Waals surface area contributed by atoms with Gasteiger partial charge in [0.25, 0.3) is 5.91 Å². The first kappa shape index (κ1) is 19.8. The topological polar surface area (TPSA) is 58.6 Å². The fourth-order valence-electron chi connectivity index (χ4n) is 2.92. The number of hydrogen-bond donors (Lipinski definition) is 2. The van der Waals surface area contributed by atoms with Crippen molar-refractivity contribution in [3.63, 3.8) is 0 Å². The first-order valence-electron chi connectivity index (χ1n) is 9.14. The molecule has 1 amide bonds. The number of nitrogens with one attached hydrogen (secondary N) is 1. The minimum absolute atomic E-state index is 0.119. The van der Waals surface area contributed by atoms with Gasteiger partial charge in [0.2, 0.25) is 0 Å². The van der Waals surface area contributed by atoms with E-state index in [0.717, 1.165) is 6.42 Å². The molecule has 0 bridgehead atoms. The SMILES string of the molecule is CC[C@@H](COc1cccc(NC(=O)c2cc(Cl)ccc2O)c1)c1ccccc1. The van der Waals surface area contributed by atoms with Gasteiger partial charge in [-0.1, -0.05) is 54.9 Å². The molecule has 0 spiro atoms. The number of halogens is 1. The molecule has 0 fully saturated rings. The Kier molecular flexibility index (Phi) is 6.56. The molecule has 5 heteroatoms. The van der Waals surface area contributed by atoms with Gasteiger partial charge in [0, 0.05) is 22.7 Å². The highest BCUT2D eigenvalue weighted by molar-refractivity contribution is 6.31. The standard InChI is InChI=1S/C23H22ClNO3/c1-2-16(17-7-4-3-5-8-17)15-28-20-10-6-9-19(14-20)25-23(27)21-13-18(24)11-12-22(21)26/h3-14,16,26H,2,15H2,1H3,(H,25,27)/t16-/m0/s1. The Morgan fingerprint density at radius 3 is 2.61 bits per heavy atom. The highest BCUT2D eigenvalue weighted by atomic mass is 35.5. The normalized spacial score (nSPS) is 11.6. The van der Waals surface area contributed by atoms with E-state index in [4.69, 9.17) is 16.3 Å². The molecule has 0 unspecified atom stereocenters. The molecule has 0 saturated carbocycles. The van der Waals surface area contributed by atoms with Crippen LogP contribution in [-0.4, -0.2) is 17.6 Å². The van der Waals surface area contributed by atoms with Crippen molar-refractivity contribution in [1.82, 2.24) is 0 Å². The van der Waals surface area contributed by atoms with Gasteiger partial charge in [-0.2, -0.15) is 0 Å². The zero-order chi connectivity index (χ0) is 19.9. The molecule has 0 aliphatic carbocycles. The second kappa shape index (κ2) is 9.29. The number of phenolic OH excluding ortho intramolecular Hbond substituents is 1. The zero-order valence-electron chi connectivity index (χ0n) is 15.6. The Morgan fingerprint density at radius 1 is 1.07 bits per heavy atom. The van der Waals surface area contributed by atoms with Gasteiger partial charge in [0.1, 0.15) is 11.5 Å². The summed E-state index contributed by atoms with van der Waals surface area (Å²) in [7, 11) is 0. The summed E-state index contributed by atoms with van der Waals surface area (Å²) in [6.45, 7) is 2.68. The zero-order valence-corrected chi connectivity index (χ0v) is 16.3. The summed E-state index contributed by atoms with van der Waals surface area (Å²) in [4.78, 5) is 12.4. The van der Waals surface area contributed by atoms with Gasteiger partial charge in [-0.15, -0.1) is 0 Å². The van der Waals surface area contributed by atoms with E-state index < -0.39 is 5.91 Å². The number of carbonyl (C=O) groups excluding carboxylic acids is 1. The molecule has 28 heavy (non-hydrogen) atoms. The van der Waals surface area contributed by atoms with Crippen LogP contribution in [0.5, 0.6) is 11.5 Å². The van der Waals surface area contributed by atoms with Crippen LogP contribution in [-0.2, 0) is 0 Å². The average molecular weight is 396 g/mol. The van der Waals surface area contributed by atoms with Gasteiger partial charge in [0.05, 0.1) is 12.2 Å². The maximum atomic E-state index is 12.4. The van der Waals surface area contributed by atoms with Crippen molar-refractivity contribution in [2.75, 3.05) is 11.9 Å². The molecule has 3 aromatic carbocycles. The Bertz CT molecular complexity index is 944. The number of anilines is 1. The molecule has 0 aromatic heterocycles. The van der Waals surface area contributed by atoms with Crippen LogP contribution in [0.15, 0.2) is 72.8 Å². The summed E-state index contributed by atoms with van der Waals surface area (Å²) < 4.78 is 5.96. The van der Waals surface area contributed by atoms with E-state index in [0.29, 0.717) is 29.0 Å². The maximum absolute atomic E-state index is 12.4. The van der Waals surface area contributed by atoms with Gasteiger partial charge in [-0.25, -0.2) is 0 Å². The molecule has 0 aliphatic rings. The summed E-state index contributed by atoms with van der Waals surface area (Å²) in [5.41, 5.74) is 1.94. The lowest BCUT2D eigenvalue weighted by molar-refractivity contribution is 0.102. The predicted molar refractivity (Wildman–Crippen MR) is 112 cm³/mol. The number of aromatic hydroxyl groups is 1. The molecule has 2 N–H and O–H groups in total. The molecule has 0 saturated heterocycles. The third kappa shape index (κ3) is 5.05.